The van der Waals surface area contributed by atoms with E-state index in [2.05, 4.69) is 0 Å². The van der Waals surface area contributed by atoms with E-state index in [9.17, 15) is 13.6 Å². The smallest absolute Gasteiger partial charge is 0.251 e. The van der Waals surface area contributed by atoms with Crippen LogP contribution in [0.1, 0.15) is 19.3 Å². The molecule has 1 aliphatic rings. The second-order valence-electron chi connectivity index (χ2n) is 2.71. The van der Waals surface area contributed by atoms with E-state index < -0.39 is 17.6 Å². The molecule has 0 bridgehead atoms. The van der Waals surface area contributed by atoms with Crippen molar-refractivity contribution in [1.82, 2.24) is 0 Å². The highest BCUT2D eigenvalue weighted by Gasteiger charge is 2.56. The summed E-state index contributed by atoms with van der Waals surface area (Å²) in [6, 6.07) is 1.59. The van der Waals surface area contributed by atoms with Crippen LogP contribution in [0.2, 0.25) is 0 Å². The van der Waals surface area contributed by atoms with Gasteiger partial charge in [0.2, 0.25) is 0 Å². The van der Waals surface area contributed by atoms with Crippen molar-refractivity contribution in [1.29, 1.82) is 5.26 Å². The van der Waals surface area contributed by atoms with E-state index in [1.807, 2.05) is 0 Å². The minimum atomic E-state index is -2.59. The fraction of sp³-hybridized carbons (Fsp3) is 0.714. The molecule has 2 nitrogen and oxygen atoms in total. The average molecular weight is 159 g/mol. The SMILES string of the molecule is N#CCC(=O)C1(C(F)F)CC1. The number of Topliss-reactive ketones (excluding diaryl/α,β-unsaturated/α-hetero) is 1. The maximum atomic E-state index is 12.1. The molecule has 0 aromatic rings. The Kier molecular flexibility index (Phi) is 1.90. The fourth-order valence-corrected chi connectivity index (χ4v) is 1.00. The highest BCUT2D eigenvalue weighted by atomic mass is 19.3. The lowest BCUT2D eigenvalue weighted by Crippen LogP contribution is -2.23. The molecule has 60 valence electrons. The molecule has 0 heterocycles. The van der Waals surface area contributed by atoms with Gasteiger partial charge in [-0.3, -0.25) is 4.79 Å². The van der Waals surface area contributed by atoms with Crippen LogP contribution in [0.5, 0.6) is 0 Å². The number of ketones is 1. The van der Waals surface area contributed by atoms with Crippen molar-refractivity contribution < 1.29 is 13.6 Å². The molecule has 1 saturated carbocycles. The summed E-state index contributed by atoms with van der Waals surface area (Å²) < 4.78 is 24.2. The summed E-state index contributed by atoms with van der Waals surface area (Å²) >= 11 is 0. The quantitative estimate of drug-likeness (QED) is 0.626. The van der Waals surface area contributed by atoms with Crippen LogP contribution in [0.25, 0.3) is 0 Å². The third-order valence-corrected chi connectivity index (χ3v) is 2.00. The van der Waals surface area contributed by atoms with Crippen LogP contribution in [0.3, 0.4) is 0 Å². The van der Waals surface area contributed by atoms with Gasteiger partial charge in [0, 0.05) is 0 Å². The summed E-state index contributed by atoms with van der Waals surface area (Å²) in [5, 5.41) is 8.09. The van der Waals surface area contributed by atoms with E-state index in [-0.39, 0.29) is 19.3 Å². The zero-order chi connectivity index (χ0) is 8.48. The van der Waals surface area contributed by atoms with E-state index in [0.29, 0.717) is 0 Å². The maximum absolute atomic E-state index is 12.1. The molecule has 1 fully saturated rings. The van der Waals surface area contributed by atoms with Crippen molar-refractivity contribution in [3.05, 3.63) is 0 Å². The lowest BCUT2D eigenvalue weighted by molar-refractivity contribution is -0.128. The third-order valence-electron chi connectivity index (χ3n) is 2.00. The number of hydrogen-bond acceptors (Lipinski definition) is 2. The Labute approximate surface area is 62.8 Å². The van der Waals surface area contributed by atoms with Crippen LogP contribution in [-0.2, 0) is 4.79 Å². The highest BCUT2D eigenvalue weighted by molar-refractivity contribution is 5.89. The minimum Gasteiger partial charge on any atom is -0.298 e. The van der Waals surface area contributed by atoms with Crippen LogP contribution < -0.4 is 0 Å². The predicted octanol–water partition coefficient (Wildman–Crippen LogP) is 1.51. The number of carbonyl (C=O) groups excluding carboxylic acids is 1. The molecule has 0 radical (unpaired) electrons. The topological polar surface area (TPSA) is 40.9 Å². The van der Waals surface area contributed by atoms with Crippen molar-refractivity contribution in [3.63, 3.8) is 0 Å². The van der Waals surface area contributed by atoms with Gasteiger partial charge in [0.25, 0.3) is 6.43 Å². The van der Waals surface area contributed by atoms with Gasteiger partial charge in [0.1, 0.15) is 0 Å². The summed E-state index contributed by atoms with van der Waals surface area (Å²) in [5.41, 5.74) is -1.43. The van der Waals surface area contributed by atoms with Crippen molar-refractivity contribution in [2.75, 3.05) is 0 Å². The number of hydrogen-bond donors (Lipinski definition) is 0. The first kappa shape index (κ1) is 8.12. The number of rotatable bonds is 3. The monoisotopic (exact) mass is 159 g/mol. The Bertz CT molecular complexity index is 215. The van der Waals surface area contributed by atoms with Crippen LogP contribution in [0, 0.1) is 16.7 Å². The number of halogens is 2. The first-order valence-corrected chi connectivity index (χ1v) is 3.32. The maximum Gasteiger partial charge on any atom is 0.251 e. The molecule has 0 aliphatic heterocycles. The lowest BCUT2D eigenvalue weighted by atomic mass is 10.00. The number of carbonyl (C=O) groups is 1. The third kappa shape index (κ3) is 1.23. The van der Waals surface area contributed by atoms with Crippen molar-refractivity contribution in [2.45, 2.75) is 25.7 Å². The zero-order valence-electron chi connectivity index (χ0n) is 5.81. The minimum absolute atomic E-state index is 0.241. The number of nitriles is 1. The second kappa shape index (κ2) is 2.57. The van der Waals surface area contributed by atoms with Crippen molar-refractivity contribution in [3.8, 4) is 6.07 Å². The Balaban J connectivity index is 2.60. The summed E-state index contributed by atoms with van der Waals surface area (Å²) in [7, 11) is 0. The second-order valence-corrected chi connectivity index (χ2v) is 2.71. The largest absolute Gasteiger partial charge is 0.298 e. The molecule has 0 N–H and O–H groups in total. The first-order chi connectivity index (χ1) is 5.13. The molecule has 1 rings (SSSR count). The molecule has 11 heavy (non-hydrogen) atoms. The van der Waals surface area contributed by atoms with Crippen molar-refractivity contribution in [2.24, 2.45) is 5.41 Å². The molecule has 0 saturated heterocycles. The van der Waals surface area contributed by atoms with Crippen LogP contribution in [0.4, 0.5) is 8.78 Å². The highest BCUT2D eigenvalue weighted by Crippen LogP contribution is 2.51. The summed E-state index contributed by atoms with van der Waals surface area (Å²) in [6.07, 6.45) is -2.50. The molecule has 0 atom stereocenters. The summed E-state index contributed by atoms with van der Waals surface area (Å²) in [4.78, 5) is 10.9. The van der Waals surface area contributed by atoms with Gasteiger partial charge in [0.15, 0.2) is 5.78 Å². The summed E-state index contributed by atoms with van der Waals surface area (Å²) in [5.74, 6) is -0.602. The molecule has 0 unspecified atom stereocenters. The van der Waals surface area contributed by atoms with E-state index >= 15 is 0 Å². The van der Waals surface area contributed by atoms with Gasteiger partial charge in [-0.15, -0.1) is 0 Å². The lowest BCUT2D eigenvalue weighted by Gasteiger charge is -2.08. The number of nitrogens with zero attached hydrogens (tertiary/aromatic N) is 1. The molecule has 0 spiro atoms. The van der Waals surface area contributed by atoms with Crippen molar-refractivity contribution >= 4 is 5.78 Å². The first-order valence-electron chi connectivity index (χ1n) is 3.32. The van der Waals surface area contributed by atoms with E-state index in [1.165, 1.54) is 0 Å². The molecule has 4 heteroatoms. The fourth-order valence-electron chi connectivity index (χ4n) is 1.00. The zero-order valence-corrected chi connectivity index (χ0v) is 5.81. The molecule has 0 aromatic carbocycles. The number of alkyl halides is 2. The van der Waals surface area contributed by atoms with Gasteiger partial charge >= 0.3 is 0 Å². The van der Waals surface area contributed by atoms with Crippen LogP contribution >= 0.6 is 0 Å². The van der Waals surface area contributed by atoms with Gasteiger partial charge in [-0.2, -0.15) is 5.26 Å². The normalized spacial score (nSPS) is 19.5. The standard InChI is InChI=1S/C7H7F2NO/c8-6(9)7(2-3-7)5(11)1-4-10/h6H,1-3H2. The molecule has 0 amide bonds. The van der Waals surface area contributed by atoms with Gasteiger partial charge in [-0.25, -0.2) is 8.78 Å². The Hall–Kier alpha value is -0.980. The average Bonchev–Trinajstić information content (AvgIpc) is 2.66. The Morgan fingerprint density at radius 3 is 2.45 bits per heavy atom. The van der Waals surface area contributed by atoms with Gasteiger partial charge in [-0.1, -0.05) is 0 Å². The van der Waals surface area contributed by atoms with Gasteiger partial charge in [0.05, 0.1) is 17.9 Å². The van der Waals surface area contributed by atoms with E-state index in [1.54, 1.807) is 6.07 Å². The molecular formula is C7H7F2NO. The van der Waals surface area contributed by atoms with Gasteiger partial charge in [-0.05, 0) is 12.8 Å². The predicted molar refractivity (Wildman–Crippen MR) is 32.9 cm³/mol. The molecule has 0 aromatic heterocycles. The van der Waals surface area contributed by atoms with Crippen LogP contribution in [-0.4, -0.2) is 12.2 Å². The van der Waals surface area contributed by atoms with Gasteiger partial charge < -0.3 is 0 Å². The van der Waals surface area contributed by atoms with E-state index in [4.69, 9.17) is 5.26 Å². The van der Waals surface area contributed by atoms with E-state index in [0.717, 1.165) is 0 Å². The molecule has 1 aliphatic carbocycles. The molecular weight excluding hydrogens is 152 g/mol. The summed E-state index contributed by atoms with van der Waals surface area (Å²) in [6.45, 7) is 0. The Morgan fingerprint density at radius 1 is 1.64 bits per heavy atom. The Morgan fingerprint density at radius 2 is 2.18 bits per heavy atom. The van der Waals surface area contributed by atoms with Crippen LogP contribution in [0.15, 0.2) is 0 Å².